The number of aryl methyl sites for hydroxylation is 1. The molecular formula is C18H24N2O2S. The van der Waals surface area contributed by atoms with Gasteiger partial charge in [0.15, 0.2) is 0 Å². The van der Waals surface area contributed by atoms with Gasteiger partial charge in [0.1, 0.15) is 17.4 Å². The molecule has 1 aromatic carbocycles. The molecule has 0 radical (unpaired) electrons. The van der Waals surface area contributed by atoms with Crippen LogP contribution in [0, 0.1) is 12.8 Å². The van der Waals surface area contributed by atoms with Crippen molar-refractivity contribution in [2.24, 2.45) is 5.92 Å². The predicted molar refractivity (Wildman–Crippen MR) is 93.6 cm³/mol. The molecule has 0 fully saturated rings. The Labute approximate surface area is 142 Å². The molecule has 0 atom stereocenters. The van der Waals surface area contributed by atoms with Gasteiger partial charge in [0.2, 0.25) is 5.91 Å². The fourth-order valence-electron chi connectivity index (χ4n) is 2.28. The normalized spacial score (nSPS) is 10.8. The standard InChI is InChI=1S/C18H24N2O2S/c1-13(2)9-20(15(4)21)10-16-12-23-18(19-16)11-22-17-7-5-6-14(3)8-17/h5-8,12-13H,9-11H2,1-4H3. The highest BCUT2D eigenvalue weighted by Gasteiger charge is 2.13. The van der Waals surface area contributed by atoms with E-state index in [0.717, 1.165) is 23.0 Å². The minimum atomic E-state index is 0.0873. The van der Waals surface area contributed by atoms with Crippen molar-refractivity contribution in [3.8, 4) is 5.75 Å². The Bertz CT molecular complexity index is 652. The number of benzene rings is 1. The van der Waals surface area contributed by atoms with Crippen molar-refractivity contribution < 1.29 is 9.53 Å². The molecule has 1 amide bonds. The summed E-state index contributed by atoms with van der Waals surface area (Å²) in [6.45, 7) is 9.64. The lowest BCUT2D eigenvalue weighted by Crippen LogP contribution is -2.31. The first-order valence-electron chi connectivity index (χ1n) is 7.82. The van der Waals surface area contributed by atoms with Crippen LogP contribution in [0.3, 0.4) is 0 Å². The van der Waals surface area contributed by atoms with Crippen molar-refractivity contribution in [2.45, 2.75) is 40.8 Å². The molecule has 0 aliphatic rings. The van der Waals surface area contributed by atoms with Crippen molar-refractivity contribution in [1.82, 2.24) is 9.88 Å². The molecule has 2 rings (SSSR count). The van der Waals surface area contributed by atoms with Gasteiger partial charge in [-0.15, -0.1) is 11.3 Å². The second-order valence-corrected chi connectivity index (χ2v) is 7.07. The van der Waals surface area contributed by atoms with Gasteiger partial charge in [-0.1, -0.05) is 26.0 Å². The molecule has 124 valence electrons. The van der Waals surface area contributed by atoms with E-state index in [9.17, 15) is 4.79 Å². The number of rotatable bonds is 7. The van der Waals surface area contributed by atoms with E-state index in [-0.39, 0.29) is 5.91 Å². The third-order valence-electron chi connectivity index (χ3n) is 3.33. The summed E-state index contributed by atoms with van der Waals surface area (Å²) in [6, 6.07) is 7.98. The lowest BCUT2D eigenvalue weighted by Gasteiger charge is -2.22. The molecular weight excluding hydrogens is 308 g/mol. The van der Waals surface area contributed by atoms with Crippen LogP contribution in [0.25, 0.3) is 0 Å². The average Bonchev–Trinajstić information content (AvgIpc) is 2.91. The minimum Gasteiger partial charge on any atom is -0.486 e. The molecule has 0 spiro atoms. The van der Waals surface area contributed by atoms with Crippen LogP contribution in [-0.2, 0) is 17.9 Å². The van der Waals surface area contributed by atoms with Crippen LogP contribution in [0.2, 0.25) is 0 Å². The Hall–Kier alpha value is -1.88. The van der Waals surface area contributed by atoms with Gasteiger partial charge in [0.05, 0.1) is 12.2 Å². The zero-order valence-corrected chi connectivity index (χ0v) is 15.0. The number of carbonyl (C=O) groups is 1. The first-order valence-corrected chi connectivity index (χ1v) is 8.70. The summed E-state index contributed by atoms with van der Waals surface area (Å²) in [5, 5.41) is 2.93. The molecule has 5 heteroatoms. The molecule has 0 N–H and O–H groups in total. The van der Waals surface area contributed by atoms with Gasteiger partial charge < -0.3 is 9.64 Å². The highest BCUT2D eigenvalue weighted by molar-refractivity contribution is 7.09. The summed E-state index contributed by atoms with van der Waals surface area (Å²) < 4.78 is 5.77. The lowest BCUT2D eigenvalue weighted by atomic mass is 10.2. The Kier molecular flexibility index (Phi) is 6.16. The maximum Gasteiger partial charge on any atom is 0.219 e. The van der Waals surface area contributed by atoms with Crippen LogP contribution in [0.1, 0.15) is 37.0 Å². The highest BCUT2D eigenvalue weighted by Crippen LogP contribution is 2.17. The second-order valence-electron chi connectivity index (χ2n) is 6.13. The molecule has 0 aliphatic heterocycles. The topological polar surface area (TPSA) is 42.4 Å². The van der Waals surface area contributed by atoms with Gasteiger partial charge in [-0.05, 0) is 30.5 Å². The Morgan fingerprint density at radius 1 is 1.39 bits per heavy atom. The molecule has 1 heterocycles. The second kappa shape index (κ2) is 8.11. The third kappa shape index (κ3) is 5.67. The molecule has 0 unspecified atom stereocenters. The van der Waals surface area contributed by atoms with Crippen LogP contribution in [0.15, 0.2) is 29.6 Å². The summed E-state index contributed by atoms with van der Waals surface area (Å²) in [4.78, 5) is 18.1. The summed E-state index contributed by atoms with van der Waals surface area (Å²) in [6.07, 6.45) is 0. The number of thiazole rings is 1. The van der Waals surface area contributed by atoms with Crippen molar-refractivity contribution in [3.63, 3.8) is 0 Å². The number of ether oxygens (including phenoxy) is 1. The van der Waals surface area contributed by atoms with Gasteiger partial charge in [0, 0.05) is 18.8 Å². The molecule has 4 nitrogen and oxygen atoms in total. The Morgan fingerprint density at radius 2 is 2.17 bits per heavy atom. The highest BCUT2D eigenvalue weighted by atomic mass is 32.1. The van der Waals surface area contributed by atoms with Crippen molar-refractivity contribution >= 4 is 17.2 Å². The molecule has 2 aromatic rings. The van der Waals surface area contributed by atoms with Gasteiger partial charge in [-0.3, -0.25) is 4.79 Å². The first kappa shape index (κ1) is 17.5. The van der Waals surface area contributed by atoms with E-state index in [2.05, 4.69) is 18.8 Å². The number of aromatic nitrogens is 1. The number of hydrogen-bond donors (Lipinski definition) is 0. The zero-order chi connectivity index (χ0) is 16.8. The van der Waals surface area contributed by atoms with Crippen LogP contribution in [-0.4, -0.2) is 22.3 Å². The Balaban J connectivity index is 1.93. The number of carbonyl (C=O) groups excluding carboxylic acids is 1. The molecule has 0 saturated heterocycles. The molecule has 1 aromatic heterocycles. The molecule has 0 bridgehead atoms. The van der Waals surface area contributed by atoms with E-state index in [0.29, 0.717) is 19.1 Å². The summed E-state index contributed by atoms with van der Waals surface area (Å²) in [5.74, 6) is 1.39. The van der Waals surface area contributed by atoms with Crippen molar-refractivity contribution in [2.75, 3.05) is 6.54 Å². The average molecular weight is 332 g/mol. The fraction of sp³-hybridized carbons (Fsp3) is 0.444. The van der Waals surface area contributed by atoms with E-state index in [1.54, 1.807) is 18.3 Å². The van der Waals surface area contributed by atoms with Crippen LogP contribution >= 0.6 is 11.3 Å². The van der Waals surface area contributed by atoms with E-state index in [1.807, 2.05) is 41.5 Å². The van der Waals surface area contributed by atoms with Crippen LogP contribution in [0.4, 0.5) is 0 Å². The zero-order valence-electron chi connectivity index (χ0n) is 14.2. The Morgan fingerprint density at radius 3 is 2.83 bits per heavy atom. The number of nitrogens with zero attached hydrogens (tertiary/aromatic N) is 2. The predicted octanol–water partition coefficient (Wildman–Crippen LogP) is 4.04. The van der Waals surface area contributed by atoms with E-state index in [1.165, 1.54) is 5.56 Å². The smallest absolute Gasteiger partial charge is 0.219 e. The third-order valence-corrected chi connectivity index (χ3v) is 4.21. The summed E-state index contributed by atoms with van der Waals surface area (Å²) in [7, 11) is 0. The number of hydrogen-bond acceptors (Lipinski definition) is 4. The molecule has 0 aliphatic carbocycles. The van der Waals surface area contributed by atoms with E-state index >= 15 is 0 Å². The van der Waals surface area contributed by atoms with Crippen LogP contribution < -0.4 is 4.74 Å². The first-order chi connectivity index (χ1) is 10.9. The fourth-order valence-corrected chi connectivity index (χ4v) is 2.98. The largest absolute Gasteiger partial charge is 0.486 e. The quantitative estimate of drug-likeness (QED) is 0.768. The number of amides is 1. The van der Waals surface area contributed by atoms with E-state index < -0.39 is 0 Å². The van der Waals surface area contributed by atoms with Crippen molar-refractivity contribution in [3.05, 3.63) is 45.9 Å². The minimum absolute atomic E-state index is 0.0873. The van der Waals surface area contributed by atoms with Gasteiger partial charge in [-0.2, -0.15) is 0 Å². The van der Waals surface area contributed by atoms with Gasteiger partial charge in [-0.25, -0.2) is 4.98 Å². The monoisotopic (exact) mass is 332 g/mol. The maximum atomic E-state index is 11.7. The van der Waals surface area contributed by atoms with Crippen molar-refractivity contribution in [1.29, 1.82) is 0 Å². The maximum absolute atomic E-state index is 11.7. The van der Waals surface area contributed by atoms with Crippen LogP contribution in [0.5, 0.6) is 5.75 Å². The molecule has 23 heavy (non-hydrogen) atoms. The summed E-state index contributed by atoms with van der Waals surface area (Å²) >= 11 is 1.57. The summed E-state index contributed by atoms with van der Waals surface area (Å²) in [5.41, 5.74) is 2.10. The van der Waals surface area contributed by atoms with Gasteiger partial charge >= 0.3 is 0 Å². The molecule has 0 saturated carbocycles. The lowest BCUT2D eigenvalue weighted by molar-refractivity contribution is -0.130. The SMILES string of the molecule is CC(=O)N(Cc1csc(COc2cccc(C)c2)n1)CC(C)C. The van der Waals surface area contributed by atoms with Gasteiger partial charge in [0.25, 0.3) is 0 Å². The van der Waals surface area contributed by atoms with E-state index in [4.69, 9.17) is 4.74 Å².